The van der Waals surface area contributed by atoms with Crippen LogP contribution in [0.25, 0.3) is 0 Å². The molecule has 0 radical (unpaired) electrons. The molecule has 0 saturated heterocycles. The summed E-state index contributed by atoms with van der Waals surface area (Å²) in [5.41, 5.74) is 7.42. The number of anilines is 1. The molecule has 4 N–H and O–H groups in total. The van der Waals surface area contributed by atoms with Crippen LogP contribution in [-0.4, -0.2) is 11.0 Å². The molecule has 0 fully saturated rings. The van der Waals surface area contributed by atoms with Gasteiger partial charge >= 0.3 is 0 Å². The number of halogens is 1. The molecular weight excluding hydrogens is 271 g/mol. The van der Waals surface area contributed by atoms with Crippen molar-refractivity contribution in [1.29, 1.82) is 0 Å². The first-order valence-electron chi connectivity index (χ1n) is 6.58. The van der Waals surface area contributed by atoms with Crippen molar-refractivity contribution in [2.24, 2.45) is 5.73 Å². The summed E-state index contributed by atoms with van der Waals surface area (Å²) in [6.07, 6.45) is 0.203. The van der Waals surface area contributed by atoms with E-state index >= 15 is 0 Å². The Morgan fingerprint density at radius 2 is 1.95 bits per heavy atom. The number of hydrogen-bond donors (Lipinski definition) is 3. The molecule has 0 saturated carbocycles. The summed E-state index contributed by atoms with van der Waals surface area (Å²) >= 11 is 0. The van der Waals surface area contributed by atoms with E-state index in [2.05, 4.69) is 5.32 Å². The number of benzene rings is 2. The minimum atomic E-state index is -0.473. The third-order valence-corrected chi connectivity index (χ3v) is 3.17. The van der Waals surface area contributed by atoms with Crippen LogP contribution >= 0.6 is 0 Å². The third-order valence-electron chi connectivity index (χ3n) is 3.17. The van der Waals surface area contributed by atoms with E-state index in [0.29, 0.717) is 5.56 Å². The average Bonchev–Trinajstić information content (AvgIpc) is 2.40. The number of aromatic hydroxyl groups is 1. The summed E-state index contributed by atoms with van der Waals surface area (Å²) in [6.45, 7) is 1.87. The molecule has 2 rings (SSSR count). The van der Waals surface area contributed by atoms with Crippen molar-refractivity contribution < 1.29 is 14.3 Å². The van der Waals surface area contributed by atoms with Gasteiger partial charge in [-0.2, -0.15) is 0 Å². The molecule has 2 aromatic rings. The van der Waals surface area contributed by atoms with Crippen LogP contribution in [0.5, 0.6) is 5.75 Å². The maximum absolute atomic E-state index is 13.0. The zero-order valence-corrected chi connectivity index (χ0v) is 11.6. The van der Waals surface area contributed by atoms with Crippen molar-refractivity contribution in [1.82, 2.24) is 0 Å². The lowest BCUT2D eigenvalue weighted by molar-refractivity contribution is -0.117. The maximum atomic E-state index is 13.0. The Morgan fingerprint density at radius 3 is 2.52 bits per heavy atom. The molecule has 0 aliphatic heterocycles. The molecular formula is C16H17FN2O2. The highest BCUT2D eigenvalue weighted by molar-refractivity contribution is 5.76. The summed E-state index contributed by atoms with van der Waals surface area (Å²) in [6, 6.07) is 11.0. The lowest BCUT2D eigenvalue weighted by atomic mass is 10.1. The molecule has 0 bridgehead atoms. The second-order valence-corrected chi connectivity index (χ2v) is 4.91. The molecule has 1 unspecified atom stereocenters. The van der Waals surface area contributed by atoms with E-state index in [9.17, 15) is 14.3 Å². The fraction of sp³-hybridized carbons (Fsp3) is 0.188. The minimum absolute atomic E-state index is 0.0830. The van der Waals surface area contributed by atoms with Crippen molar-refractivity contribution in [2.45, 2.75) is 19.4 Å². The lowest BCUT2D eigenvalue weighted by Gasteiger charge is -2.17. The van der Waals surface area contributed by atoms with Gasteiger partial charge in [-0.15, -0.1) is 0 Å². The van der Waals surface area contributed by atoms with Crippen molar-refractivity contribution in [3.8, 4) is 5.75 Å². The predicted octanol–water partition coefficient (Wildman–Crippen LogP) is 2.73. The molecule has 2 aromatic carbocycles. The standard InChI is InChI=1S/C16H17FN2O2/c1-10(14-7-4-12(17)9-15(14)20)19-13-5-2-11(3-6-13)8-16(18)21/h2-7,9-10,19-20H,8H2,1H3,(H2,18,21). The highest BCUT2D eigenvalue weighted by Crippen LogP contribution is 2.27. The van der Waals surface area contributed by atoms with E-state index in [4.69, 9.17) is 5.73 Å². The van der Waals surface area contributed by atoms with Crippen LogP contribution < -0.4 is 11.1 Å². The molecule has 1 amide bonds. The van der Waals surface area contributed by atoms with Crippen LogP contribution in [0.3, 0.4) is 0 Å². The van der Waals surface area contributed by atoms with Crippen LogP contribution in [0, 0.1) is 5.82 Å². The number of carbonyl (C=O) groups excluding carboxylic acids is 1. The summed E-state index contributed by atoms with van der Waals surface area (Å²) < 4.78 is 13.0. The van der Waals surface area contributed by atoms with E-state index in [-0.39, 0.29) is 24.1 Å². The van der Waals surface area contributed by atoms with Gasteiger partial charge in [-0.05, 0) is 30.7 Å². The molecule has 0 aliphatic carbocycles. The van der Waals surface area contributed by atoms with E-state index in [1.54, 1.807) is 6.07 Å². The molecule has 21 heavy (non-hydrogen) atoms. The van der Waals surface area contributed by atoms with Gasteiger partial charge in [0.05, 0.1) is 12.5 Å². The third kappa shape index (κ3) is 3.95. The summed E-state index contributed by atoms with van der Waals surface area (Å²) in [4.78, 5) is 10.8. The van der Waals surface area contributed by atoms with Crippen molar-refractivity contribution in [3.63, 3.8) is 0 Å². The molecule has 5 heteroatoms. The number of nitrogens with one attached hydrogen (secondary N) is 1. The van der Waals surface area contributed by atoms with Gasteiger partial charge in [-0.1, -0.05) is 18.2 Å². The zero-order chi connectivity index (χ0) is 15.4. The van der Waals surface area contributed by atoms with Gasteiger partial charge in [0.25, 0.3) is 0 Å². The fourth-order valence-electron chi connectivity index (χ4n) is 2.13. The highest BCUT2D eigenvalue weighted by Gasteiger charge is 2.11. The minimum Gasteiger partial charge on any atom is -0.507 e. The average molecular weight is 288 g/mol. The van der Waals surface area contributed by atoms with Crippen molar-refractivity contribution in [3.05, 3.63) is 59.4 Å². The molecule has 4 nitrogen and oxygen atoms in total. The number of rotatable bonds is 5. The molecule has 0 heterocycles. The van der Waals surface area contributed by atoms with E-state index in [1.807, 2.05) is 31.2 Å². The second kappa shape index (κ2) is 6.26. The Hall–Kier alpha value is -2.56. The Morgan fingerprint density at radius 1 is 1.29 bits per heavy atom. The van der Waals surface area contributed by atoms with Gasteiger partial charge < -0.3 is 16.2 Å². The zero-order valence-electron chi connectivity index (χ0n) is 11.6. The van der Waals surface area contributed by atoms with Gasteiger partial charge in [-0.25, -0.2) is 4.39 Å². The first-order valence-corrected chi connectivity index (χ1v) is 6.58. The van der Waals surface area contributed by atoms with Crippen LogP contribution in [0.15, 0.2) is 42.5 Å². The number of amides is 1. The molecule has 1 atom stereocenters. The summed E-state index contributed by atoms with van der Waals surface area (Å²) in [5, 5.41) is 13.0. The topological polar surface area (TPSA) is 75.3 Å². The predicted molar refractivity (Wildman–Crippen MR) is 79.4 cm³/mol. The lowest BCUT2D eigenvalue weighted by Crippen LogP contribution is -2.13. The van der Waals surface area contributed by atoms with Gasteiger partial charge in [0.2, 0.25) is 5.91 Å². The Kier molecular flexibility index (Phi) is 4.42. The largest absolute Gasteiger partial charge is 0.507 e. The maximum Gasteiger partial charge on any atom is 0.221 e. The van der Waals surface area contributed by atoms with E-state index < -0.39 is 5.82 Å². The second-order valence-electron chi connectivity index (χ2n) is 4.91. The number of primary amides is 1. The van der Waals surface area contributed by atoms with Crippen LogP contribution in [-0.2, 0) is 11.2 Å². The SMILES string of the molecule is CC(Nc1ccc(CC(N)=O)cc1)c1ccc(F)cc1O. The summed E-state index contributed by atoms with van der Waals surface area (Å²) in [7, 11) is 0. The number of hydrogen-bond acceptors (Lipinski definition) is 3. The summed E-state index contributed by atoms with van der Waals surface area (Å²) in [5.74, 6) is -0.931. The van der Waals surface area contributed by atoms with Gasteiger partial charge in [-0.3, -0.25) is 4.79 Å². The van der Waals surface area contributed by atoms with E-state index in [0.717, 1.165) is 17.3 Å². The van der Waals surface area contributed by atoms with Gasteiger partial charge in [0.1, 0.15) is 11.6 Å². The van der Waals surface area contributed by atoms with E-state index in [1.165, 1.54) is 6.07 Å². The van der Waals surface area contributed by atoms with Crippen molar-refractivity contribution >= 4 is 11.6 Å². The number of nitrogens with two attached hydrogens (primary N) is 1. The number of phenols is 1. The monoisotopic (exact) mass is 288 g/mol. The first kappa shape index (κ1) is 14.8. The molecule has 0 spiro atoms. The number of phenolic OH excluding ortho intramolecular Hbond substituents is 1. The van der Waals surface area contributed by atoms with Crippen LogP contribution in [0.1, 0.15) is 24.1 Å². The quantitative estimate of drug-likeness (QED) is 0.792. The van der Waals surface area contributed by atoms with Crippen LogP contribution in [0.4, 0.5) is 10.1 Å². The highest BCUT2D eigenvalue weighted by atomic mass is 19.1. The Balaban J connectivity index is 2.08. The number of carbonyl (C=O) groups is 1. The van der Waals surface area contributed by atoms with Crippen molar-refractivity contribution in [2.75, 3.05) is 5.32 Å². The normalized spacial score (nSPS) is 11.9. The smallest absolute Gasteiger partial charge is 0.221 e. The Bertz CT molecular complexity index is 641. The molecule has 0 aromatic heterocycles. The van der Waals surface area contributed by atoms with Gasteiger partial charge in [0.15, 0.2) is 0 Å². The fourth-order valence-corrected chi connectivity index (χ4v) is 2.13. The Labute approximate surface area is 122 Å². The van der Waals surface area contributed by atoms with Crippen LogP contribution in [0.2, 0.25) is 0 Å². The van der Waals surface area contributed by atoms with Gasteiger partial charge in [0, 0.05) is 17.3 Å². The first-order chi connectivity index (χ1) is 9.95. The molecule has 110 valence electrons. The molecule has 0 aliphatic rings.